The van der Waals surface area contributed by atoms with Crippen LogP contribution in [0.5, 0.6) is 0 Å². The van der Waals surface area contributed by atoms with Crippen molar-refractivity contribution in [1.82, 2.24) is 9.88 Å². The first-order chi connectivity index (χ1) is 14.5. The molecule has 0 saturated heterocycles. The minimum absolute atomic E-state index is 0.00594. The van der Waals surface area contributed by atoms with Crippen molar-refractivity contribution in [2.24, 2.45) is 0 Å². The predicted molar refractivity (Wildman–Crippen MR) is 111 cm³/mol. The van der Waals surface area contributed by atoms with Gasteiger partial charge in [0.2, 0.25) is 0 Å². The number of methoxy groups -OCH3 is 1. The molecule has 6 nitrogen and oxygen atoms in total. The van der Waals surface area contributed by atoms with Crippen molar-refractivity contribution < 1.29 is 23.8 Å². The lowest BCUT2D eigenvalue weighted by molar-refractivity contribution is 0.0684. The van der Waals surface area contributed by atoms with Crippen molar-refractivity contribution in [3.8, 4) is 0 Å². The number of amides is 1. The number of carboxylic acids is 1. The van der Waals surface area contributed by atoms with Crippen molar-refractivity contribution in [2.75, 3.05) is 7.11 Å². The van der Waals surface area contributed by atoms with Crippen LogP contribution in [-0.4, -0.2) is 28.8 Å². The van der Waals surface area contributed by atoms with E-state index in [4.69, 9.17) is 0 Å². The second kappa shape index (κ2) is 7.87. The highest BCUT2D eigenvalue weighted by molar-refractivity contribution is 5.98. The van der Waals surface area contributed by atoms with Crippen LogP contribution in [-0.2, 0) is 17.8 Å². The summed E-state index contributed by atoms with van der Waals surface area (Å²) in [7, 11) is 1.25. The van der Waals surface area contributed by atoms with E-state index >= 15 is 0 Å². The molecule has 1 aromatic heterocycles. The number of benzene rings is 3. The molecule has 1 amide bonds. The highest BCUT2D eigenvalue weighted by Gasteiger charge is 2.23. The van der Waals surface area contributed by atoms with E-state index in [0.29, 0.717) is 11.1 Å². The number of carbonyl (C=O) groups excluding carboxylic acids is 1. The lowest BCUT2D eigenvalue weighted by Crippen LogP contribution is -2.23. The Morgan fingerprint density at radius 3 is 2.63 bits per heavy atom. The van der Waals surface area contributed by atoms with Crippen LogP contribution in [0.2, 0.25) is 0 Å². The summed E-state index contributed by atoms with van der Waals surface area (Å²) in [4.78, 5) is 23.8. The number of aromatic carboxylic acids is 1. The molecule has 1 heterocycles. The van der Waals surface area contributed by atoms with Gasteiger partial charge in [0, 0.05) is 29.6 Å². The topological polar surface area (TPSA) is 80.6 Å². The summed E-state index contributed by atoms with van der Waals surface area (Å²) in [6.07, 6.45) is -0.646. The first kappa shape index (κ1) is 19.4. The molecule has 0 aliphatic heterocycles. The predicted octanol–water partition coefficient (Wildman–Crippen LogP) is 4.54. The fourth-order valence-electron chi connectivity index (χ4n) is 3.81. The number of halogens is 1. The second-order valence-electron chi connectivity index (χ2n) is 6.86. The number of para-hydroxylation sites is 1. The van der Waals surface area contributed by atoms with Crippen molar-refractivity contribution in [3.63, 3.8) is 0 Å². The molecule has 0 bridgehead atoms. The van der Waals surface area contributed by atoms with Crippen LogP contribution >= 0.6 is 0 Å². The molecule has 4 aromatic rings. The zero-order chi connectivity index (χ0) is 21.3. The molecule has 152 valence electrons. The van der Waals surface area contributed by atoms with Gasteiger partial charge in [-0.2, -0.15) is 0 Å². The monoisotopic (exact) mass is 406 g/mol. The molecular formula is C23H19FN2O4. The fraction of sp³-hybridized carbons (Fsp3) is 0.130. The number of carbonyl (C=O) groups is 2. The molecule has 0 spiro atoms. The van der Waals surface area contributed by atoms with Crippen LogP contribution in [0.1, 0.15) is 21.6 Å². The molecule has 0 unspecified atom stereocenters. The van der Waals surface area contributed by atoms with Crippen molar-refractivity contribution >= 4 is 33.7 Å². The zero-order valence-electron chi connectivity index (χ0n) is 16.2. The van der Waals surface area contributed by atoms with E-state index in [1.165, 1.54) is 19.2 Å². The third kappa shape index (κ3) is 3.45. The molecule has 7 heteroatoms. The largest absolute Gasteiger partial charge is 0.477 e. The van der Waals surface area contributed by atoms with Gasteiger partial charge in [0.05, 0.1) is 7.11 Å². The van der Waals surface area contributed by atoms with Crippen molar-refractivity contribution in [2.45, 2.75) is 13.1 Å². The van der Waals surface area contributed by atoms with Gasteiger partial charge in [-0.3, -0.25) is 0 Å². The summed E-state index contributed by atoms with van der Waals surface area (Å²) in [6.45, 7) is 0.243. The number of nitrogens with one attached hydrogen (secondary N) is 1. The molecule has 3 aromatic carbocycles. The zero-order valence-corrected chi connectivity index (χ0v) is 16.2. The lowest BCUT2D eigenvalue weighted by atomic mass is 10.0. The molecule has 0 aliphatic rings. The molecular weight excluding hydrogens is 387 g/mol. The number of carboxylic acid groups (broad SMARTS) is 1. The maximum Gasteiger partial charge on any atom is 0.407 e. The number of fused-ring (bicyclic) bond motifs is 2. The summed E-state index contributed by atoms with van der Waals surface area (Å²) in [5.41, 5.74) is 2.06. The third-order valence-corrected chi connectivity index (χ3v) is 5.14. The van der Waals surface area contributed by atoms with Crippen LogP contribution < -0.4 is 5.32 Å². The first-order valence-electron chi connectivity index (χ1n) is 9.32. The number of ether oxygens (including phenoxy) is 1. The maximum atomic E-state index is 13.9. The Bertz CT molecular complexity index is 1280. The fourth-order valence-corrected chi connectivity index (χ4v) is 3.81. The van der Waals surface area contributed by atoms with Gasteiger partial charge in [-0.1, -0.05) is 42.5 Å². The average molecular weight is 406 g/mol. The highest BCUT2D eigenvalue weighted by atomic mass is 19.1. The number of alkyl carbamates (subject to hydrolysis) is 1. The first-order valence-corrected chi connectivity index (χ1v) is 9.32. The smallest absolute Gasteiger partial charge is 0.407 e. The molecule has 0 fully saturated rings. The van der Waals surface area contributed by atoms with Gasteiger partial charge in [0.25, 0.3) is 0 Å². The van der Waals surface area contributed by atoms with E-state index in [-0.39, 0.29) is 24.6 Å². The van der Waals surface area contributed by atoms with E-state index in [9.17, 15) is 19.1 Å². The number of hydrogen-bond donors (Lipinski definition) is 2. The minimum Gasteiger partial charge on any atom is -0.477 e. The molecule has 0 aliphatic carbocycles. The van der Waals surface area contributed by atoms with Gasteiger partial charge >= 0.3 is 12.1 Å². The molecule has 4 rings (SSSR count). The van der Waals surface area contributed by atoms with E-state index < -0.39 is 12.1 Å². The van der Waals surface area contributed by atoms with Crippen molar-refractivity contribution in [3.05, 3.63) is 83.3 Å². The van der Waals surface area contributed by atoms with Gasteiger partial charge in [-0.05, 0) is 34.5 Å². The molecule has 0 radical (unpaired) electrons. The lowest BCUT2D eigenvalue weighted by Gasteiger charge is -2.12. The number of nitrogens with zero attached hydrogens (tertiary/aromatic N) is 1. The Morgan fingerprint density at radius 1 is 1.07 bits per heavy atom. The normalized spacial score (nSPS) is 11.0. The molecule has 0 atom stereocenters. The Balaban J connectivity index is 1.89. The van der Waals surface area contributed by atoms with Crippen molar-refractivity contribution in [1.29, 1.82) is 0 Å². The summed E-state index contributed by atoms with van der Waals surface area (Å²) >= 11 is 0. The molecule has 2 N–H and O–H groups in total. The van der Waals surface area contributed by atoms with Gasteiger partial charge in [0.1, 0.15) is 11.5 Å². The Kier molecular flexibility index (Phi) is 5.10. The van der Waals surface area contributed by atoms with E-state index in [1.807, 2.05) is 42.5 Å². The maximum absolute atomic E-state index is 13.9. The number of aromatic nitrogens is 1. The second-order valence-corrected chi connectivity index (χ2v) is 6.86. The summed E-state index contributed by atoms with van der Waals surface area (Å²) in [5, 5.41) is 14.9. The van der Waals surface area contributed by atoms with E-state index in [0.717, 1.165) is 21.7 Å². The van der Waals surface area contributed by atoms with Gasteiger partial charge in [0.15, 0.2) is 0 Å². The Morgan fingerprint density at radius 2 is 1.87 bits per heavy atom. The summed E-state index contributed by atoms with van der Waals surface area (Å²) in [6, 6.07) is 17.4. The quantitative estimate of drug-likeness (QED) is 0.510. The minimum atomic E-state index is -1.11. The SMILES string of the molecule is COC(=O)NCc1c(C(=O)O)n(Cc2cccc3ccc(F)cc23)c2ccccc12. The summed E-state index contributed by atoms with van der Waals surface area (Å²) < 4.78 is 20.2. The van der Waals surface area contributed by atoms with Gasteiger partial charge < -0.3 is 19.7 Å². The van der Waals surface area contributed by atoms with Crippen LogP contribution in [0, 0.1) is 5.82 Å². The van der Waals surface area contributed by atoms with Crippen LogP contribution in [0.15, 0.2) is 60.7 Å². The third-order valence-electron chi connectivity index (χ3n) is 5.14. The standard InChI is InChI=1S/C23H19FN2O4/c1-30-23(29)25-12-19-17-7-2-3-8-20(17)26(21(19)22(27)28)13-15-6-4-5-14-9-10-16(24)11-18(14)15/h2-11H,12-13H2,1H3,(H,25,29)(H,27,28). The molecule has 0 saturated carbocycles. The van der Waals surface area contributed by atoms with E-state index in [2.05, 4.69) is 10.1 Å². The van der Waals surface area contributed by atoms with Crippen LogP contribution in [0.3, 0.4) is 0 Å². The number of rotatable bonds is 5. The Hall–Kier alpha value is -3.87. The van der Waals surface area contributed by atoms with Crippen LogP contribution in [0.25, 0.3) is 21.7 Å². The van der Waals surface area contributed by atoms with Crippen LogP contribution in [0.4, 0.5) is 9.18 Å². The number of hydrogen-bond acceptors (Lipinski definition) is 3. The van der Waals surface area contributed by atoms with E-state index in [1.54, 1.807) is 10.6 Å². The van der Waals surface area contributed by atoms with Gasteiger partial charge in [-0.15, -0.1) is 0 Å². The highest BCUT2D eigenvalue weighted by Crippen LogP contribution is 2.29. The average Bonchev–Trinajstić information content (AvgIpc) is 3.06. The molecule has 30 heavy (non-hydrogen) atoms. The summed E-state index contributed by atoms with van der Waals surface area (Å²) in [5.74, 6) is -1.46. The van der Waals surface area contributed by atoms with Gasteiger partial charge in [-0.25, -0.2) is 14.0 Å². The Labute approximate surface area is 171 Å².